The monoisotopic (exact) mass is 252 g/mol. The number of ether oxygens (including phenoxy) is 1. The van der Waals surface area contributed by atoms with Gasteiger partial charge in [0.2, 0.25) is 0 Å². The Morgan fingerprint density at radius 1 is 1.53 bits per heavy atom. The molecule has 0 aliphatic rings. The number of aromatic nitrogens is 2. The molecule has 2 aromatic rings. The Balaban J connectivity index is 0.00000112. The number of hydrogen-bond donors (Lipinski definition) is 0. The average molecular weight is 252 g/mol. The zero-order chi connectivity index (χ0) is 10.1. The van der Waals surface area contributed by atoms with Gasteiger partial charge in [0.15, 0.2) is 0 Å². The van der Waals surface area contributed by atoms with Crippen molar-refractivity contribution in [2.75, 3.05) is 7.11 Å². The molecule has 2 rings (SSSR count). The number of nitrogens with zero attached hydrogens (tertiary/aromatic N) is 2. The van der Waals surface area contributed by atoms with Gasteiger partial charge in [-0.3, -0.25) is 4.21 Å². The number of methoxy groups -OCH3 is 1. The van der Waals surface area contributed by atoms with Crippen molar-refractivity contribution in [1.82, 2.24) is 9.59 Å². The summed E-state index contributed by atoms with van der Waals surface area (Å²) in [7, 11) is 1.41. The molecule has 0 N–H and O–H groups in total. The van der Waals surface area contributed by atoms with E-state index in [1.165, 1.54) is 7.11 Å². The molecule has 0 amide bonds. The molecule has 0 aliphatic heterocycles. The van der Waals surface area contributed by atoms with Crippen LogP contribution in [0.4, 0.5) is 0 Å². The van der Waals surface area contributed by atoms with Crippen molar-refractivity contribution < 1.29 is 43.1 Å². The molecule has 1 heterocycles. The summed E-state index contributed by atoms with van der Waals surface area (Å²) in [6, 6.07) is 3.32. The van der Waals surface area contributed by atoms with Crippen LogP contribution < -0.4 is 34.3 Å². The van der Waals surface area contributed by atoms with E-state index in [0.29, 0.717) is 11.3 Å². The van der Waals surface area contributed by atoms with Crippen molar-refractivity contribution in [3.8, 4) is 5.75 Å². The predicted molar refractivity (Wildman–Crippen MR) is 51.2 cm³/mol. The minimum atomic E-state index is -2.36. The SMILES string of the molecule is COc1ccc2snnc2c1S(=O)[O-].[Na+]. The third-order valence-electron chi connectivity index (χ3n) is 1.72. The number of fused-ring (bicyclic) bond motifs is 1. The van der Waals surface area contributed by atoms with E-state index in [1.807, 2.05) is 0 Å². The summed E-state index contributed by atoms with van der Waals surface area (Å²) in [5, 5.41) is 3.74. The molecule has 1 aromatic carbocycles. The van der Waals surface area contributed by atoms with Crippen LogP contribution >= 0.6 is 11.5 Å². The molecule has 0 aliphatic carbocycles. The van der Waals surface area contributed by atoms with E-state index in [2.05, 4.69) is 9.59 Å². The van der Waals surface area contributed by atoms with Gasteiger partial charge in [0.05, 0.1) is 16.7 Å². The van der Waals surface area contributed by atoms with E-state index in [-0.39, 0.29) is 34.5 Å². The van der Waals surface area contributed by atoms with Crippen molar-refractivity contribution in [3.63, 3.8) is 0 Å². The molecular weight excluding hydrogens is 247 g/mol. The quantitative estimate of drug-likeness (QED) is 0.454. The van der Waals surface area contributed by atoms with Crippen molar-refractivity contribution in [1.29, 1.82) is 0 Å². The van der Waals surface area contributed by atoms with Gasteiger partial charge in [-0.15, -0.1) is 5.10 Å². The number of rotatable bonds is 2. The number of benzene rings is 1. The Labute approximate surface area is 115 Å². The summed E-state index contributed by atoms with van der Waals surface area (Å²) < 4.78 is 31.2. The Kier molecular flexibility index (Phi) is 4.63. The van der Waals surface area contributed by atoms with Gasteiger partial charge in [-0.2, -0.15) is 0 Å². The maximum absolute atomic E-state index is 10.9. The summed E-state index contributed by atoms with van der Waals surface area (Å²) >= 11 is -1.22. The molecule has 0 fully saturated rings. The zero-order valence-corrected chi connectivity index (χ0v) is 11.7. The van der Waals surface area contributed by atoms with Gasteiger partial charge in [-0.1, -0.05) is 4.49 Å². The maximum Gasteiger partial charge on any atom is 1.00 e. The van der Waals surface area contributed by atoms with Gasteiger partial charge in [0, 0.05) is 0 Å². The Morgan fingerprint density at radius 3 is 2.87 bits per heavy atom. The van der Waals surface area contributed by atoms with Crippen LogP contribution in [-0.4, -0.2) is 25.5 Å². The minimum absolute atomic E-state index is 0. The second-order valence-electron chi connectivity index (χ2n) is 2.45. The molecule has 0 saturated heterocycles. The van der Waals surface area contributed by atoms with Crippen molar-refractivity contribution in [2.24, 2.45) is 0 Å². The Morgan fingerprint density at radius 2 is 2.27 bits per heavy atom. The topological polar surface area (TPSA) is 75.1 Å². The molecule has 1 unspecified atom stereocenters. The molecule has 0 radical (unpaired) electrons. The summed E-state index contributed by atoms with van der Waals surface area (Å²) in [5.74, 6) is 0.290. The smallest absolute Gasteiger partial charge is 0.768 e. The molecule has 5 nitrogen and oxygen atoms in total. The standard InChI is InChI=1S/C7H6N2O3S2.Na/c1-12-4-2-3-5-6(8-9-13-5)7(4)14(10)11;/h2-3H,1H3,(H,10,11);/q;+1/p-1. The Bertz CT molecular complexity index is 502. The van der Waals surface area contributed by atoms with Crippen molar-refractivity contribution in [3.05, 3.63) is 12.1 Å². The minimum Gasteiger partial charge on any atom is -0.768 e. The van der Waals surface area contributed by atoms with Crippen LogP contribution in [0.5, 0.6) is 5.75 Å². The predicted octanol–water partition coefficient (Wildman–Crippen LogP) is -2.06. The van der Waals surface area contributed by atoms with Crippen LogP contribution in [0.3, 0.4) is 0 Å². The maximum atomic E-state index is 10.9. The molecule has 74 valence electrons. The second kappa shape index (κ2) is 5.33. The second-order valence-corrected chi connectivity index (χ2v) is 4.11. The summed E-state index contributed by atoms with van der Waals surface area (Å²) in [6.45, 7) is 0. The van der Waals surface area contributed by atoms with Crippen LogP contribution in [0.1, 0.15) is 0 Å². The van der Waals surface area contributed by atoms with Gasteiger partial charge < -0.3 is 9.29 Å². The summed E-state index contributed by atoms with van der Waals surface area (Å²) in [5.41, 5.74) is 0.364. The first-order valence-electron chi connectivity index (χ1n) is 3.62. The van der Waals surface area contributed by atoms with Gasteiger partial charge >= 0.3 is 29.6 Å². The van der Waals surface area contributed by atoms with Crippen LogP contribution in [0.15, 0.2) is 17.0 Å². The molecule has 0 spiro atoms. The zero-order valence-electron chi connectivity index (χ0n) is 8.09. The molecule has 0 saturated carbocycles. The fourth-order valence-electron chi connectivity index (χ4n) is 1.13. The summed E-state index contributed by atoms with van der Waals surface area (Å²) in [4.78, 5) is 0.0683. The van der Waals surface area contributed by atoms with Gasteiger partial charge in [-0.05, 0) is 34.7 Å². The van der Waals surface area contributed by atoms with Crippen LogP contribution in [0.2, 0.25) is 0 Å². The molecule has 1 atom stereocenters. The third kappa shape index (κ3) is 2.38. The normalized spacial score (nSPS) is 12.1. The van der Waals surface area contributed by atoms with E-state index in [1.54, 1.807) is 12.1 Å². The van der Waals surface area contributed by atoms with Gasteiger partial charge in [0.1, 0.15) is 11.3 Å². The van der Waals surface area contributed by atoms with E-state index in [9.17, 15) is 8.76 Å². The van der Waals surface area contributed by atoms with Crippen LogP contribution in [0.25, 0.3) is 10.2 Å². The van der Waals surface area contributed by atoms with Gasteiger partial charge in [-0.25, -0.2) is 0 Å². The van der Waals surface area contributed by atoms with Gasteiger partial charge in [0.25, 0.3) is 0 Å². The molecule has 8 heteroatoms. The van der Waals surface area contributed by atoms with E-state index in [0.717, 1.165) is 16.2 Å². The van der Waals surface area contributed by atoms with Crippen molar-refractivity contribution >= 4 is 32.8 Å². The van der Waals surface area contributed by atoms with Crippen LogP contribution in [0, 0.1) is 0 Å². The Hall–Kier alpha value is -0.0500. The fraction of sp³-hybridized carbons (Fsp3) is 0.143. The first-order chi connectivity index (χ1) is 6.74. The molecule has 1 aromatic heterocycles. The van der Waals surface area contributed by atoms with Crippen molar-refractivity contribution in [2.45, 2.75) is 4.90 Å². The first-order valence-corrected chi connectivity index (χ1v) is 5.47. The molecular formula is C7H5N2NaO3S2. The fourth-order valence-corrected chi connectivity index (χ4v) is 2.39. The van der Waals surface area contributed by atoms with Crippen LogP contribution in [-0.2, 0) is 11.1 Å². The largest absolute Gasteiger partial charge is 1.00 e. The molecule has 15 heavy (non-hydrogen) atoms. The summed E-state index contributed by atoms with van der Waals surface area (Å²) in [6.07, 6.45) is 0. The van der Waals surface area contributed by atoms with E-state index in [4.69, 9.17) is 4.74 Å². The van der Waals surface area contributed by atoms with E-state index >= 15 is 0 Å². The third-order valence-corrected chi connectivity index (χ3v) is 3.14. The molecule has 0 bridgehead atoms. The van der Waals surface area contributed by atoms with E-state index < -0.39 is 11.1 Å². The average Bonchev–Trinajstić information content (AvgIpc) is 2.62. The first kappa shape index (κ1) is 13.0. The number of hydrogen-bond acceptors (Lipinski definition) is 6.